The molecule has 144 valence electrons. The van der Waals surface area contributed by atoms with Crippen LogP contribution in [0, 0.1) is 40.7 Å². The minimum absolute atomic E-state index is 0.465. The first-order valence-corrected chi connectivity index (χ1v) is 10.2. The Labute approximate surface area is 165 Å². The van der Waals surface area contributed by atoms with Crippen LogP contribution in [0.2, 0.25) is 0 Å². The summed E-state index contributed by atoms with van der Waals surface area (Å²) in [6.07, 6.45) is 9.75. The number of hydrogen-bond donors (Lipinski definition) is 0. The largest absolute Gasteiger partial charge is 0.205 e. The summed E-state index contributed by atoms with van der Waals surface area (Å²) in [5, 5.41) is 8.82. The maximum atomic E-state index is 13.9. The molecule has 2 aliphatic carbocycles. The number of rotatable bonds is 3. The molecule has 0 aliphatic heterocycles. The molecule has 0 heterocycles. The second-order valence-electron chi connectivity index (χ2n) is 8.39. The second kappa shape index (κ2) is 7.87. The summed E-state index contributed by atoms with van der Waals surface area (Å²) < 4.78 is 27.8. The molecule has 0 saturated heterocycles. The van der Waals surface area contributed by atoms with Gasteiger partial charge in [-0.05, 0) is 91.0 Å². The van der Waals surface area contributed by atoms with E-state index in [0.717, 1.165) is 17.4 Å². The van der Waals surface area contributed by atoms with Gasteiger partial charge < -0.3 is 0 Å². The Balaban J connectivity index is 1.49. The van der Waals surface area contributed by atoms with Crippen LogP contribution in [-0.2, 0) is 0 Å². The van der Waals surface area contributed by atoms with E-state index in [-0.39, 0.29) is 0 Å². The van der Waals surface area contributed by atoms with Crippen molar-refractivity contribution in [3.05, 3.63) is 71.8 Å². The summed E-state index contributed by atoms with van der Waals surface area (Å²) in [4.78, 5) is 0. The summed E-state index contributed by atoms with van der Waals surface area (Å²) in [5.41, 5.74) is 2.03. The van der Waals surface area contributed by atoms with Gasteiger partial charge in [0.2, 0.25) is 0 Å². The van der Waals surface area contributed by atoms with Crippen molar-refractivity contribution in [2.45, 2.75) is 44.4 Å². The molecular weight excluding hydrogens is 352 g/mol. The summed E-state index contributed by atoms with van der Waals surface area (Å²) >= 11 is 0. The summed E-state index contributed by atoms with van der Waals surface area (Å²) in [5.74, 6) is 1.31. The molecule has 4 atom stereocenters. The fourth-order valence-electron chi connectivity index (χ4n) is 5.24. The van der Waals surface area contributed by atoms with Gasteiger partial charge in [0.05, 0.1) is 0 Å². The average molecular weight is 377 g/mol. The number of allylic oxidation sites excluding steroid dienone is 1. The van der Waals surface area contributed by atoms with E-state index in [4.69, 9.17) is 5.26 Å². The molecule has 3 heteroatoms. The van der Waals surface area contributed by atoms with Gasteiger partial charge in [0.25, 0.3) is 0 Å². The molecule has 2 aromatic carbocycles. The van der Waals surface area contributed by atoms with Crippen LogP contribution in [0.4, 0.5) is 8.78 Å². The summed E-state index contributed by atoms with van der Waals surface area (Å²) in [7, 11) is 0. The van der Waals surface area contributed by atoms with E-state index >= 15 is 0 Å². The maximum absolute atomic E-state index is 13.9. The van der Waals surface area contributed by atoms with Gasteiger partial charge in [-0.1, -0.05) is 30.3 Å². The highest BCUT2D eigenvalue weighted by Gasteiger charge is 2.35. The van der Waals surface area contributed by atoms with Gasteiger partial charge in [-0.15, -0.1) is 6.58 Å². The third-order valence-electron chi connectivity index (χ3n) is 6.86. The van der Waals surface area contributed by atoms with Gasteiger partial charge in [0.15, 0.2) is 0 Å². The molecule has 0 amide bonds. The van der Waals surface area contributed by atoms with Gasteiger partial charge in [0.1, 0.15) is 23.3 Å². The van der Waals surface area contributed by atoms with Crippen LogP contribution in [0.15, 0.2) is 49.1 Å². The van der Waals surface area contributed by atoms with Crippen molar-refractivity contribution in [1.82, 2.24) is 0 Å². The van der Waals surface area contributed by atoms with Crippen LogP contribution < -0.4 is 0 Å². The van der Waals surface area contributed by atoms with Crippen molar-refractivity contribution in [3.8, 4) is 17.2 Å². The first-order chi connectivity index (χ1) is 13.6. The summed E-state index contributed by atoms with van der Waals surface area (Å²) in [6, 6.07) is 12.1. The molecule has 0 bridgehead atoms. The number of benzene rings is 2. The quantitative estimate of drug-likeness (QED) is 0.529. The highest BCUT2D eigenvalue weighted by Crippen LogP contribution is 2.47. The van der Waals surface area contributed by atoms with Gasteiger partial charge in [-0.25, -0.2) is 8.78 Å². The number of fused-ring (bicyclic) bond motifs is 1. The van der Waals surface area contributed by atoms with Crippen LogP contribution in [0.5, 0.6) is 0 Å². The van der Waals surface area contributed by atoms with Crippen LogP contribution in [0.3, 0.4) is 0 Å². The molecule has 28 heavy (non-hydrogen) atoms. The smallest absolute Gasteiger partial charge is 0.144 e. The zero-order valence-corrected chi connectivity index (χ0v) is 16.0. The van der Waals surface area contributed by atoms with Crippen LogP contribution in [-0.4, -0.2) is 0 Å². The lowest BCUT2D eigenvalue weighted by atomic mass is 9.64. The maximum Gasteiger partial charge on any atom is 0.144 e. The lowest BCUT2D eigenvalue weighted by Gasteiger charge is -2.41. The topological polar surface area (TPSA) is 23.8 Å². The highest BCUT2D eigenvalue weighted by atomic mass is 19.1. The molecule has 0 spiro atoms. The predicted molar refractivity (Wildman–Crippen MR) is 108 cm³/mol. The standard InChI is InChI=1S/C25H25F2N/c1-2-16-3-4-21-12-20(10-9-19(21)11-16)17-5-7-18(8-6-17)22-13-24(26)23(15-28)25(27)14-22/h2,5-8,13-14,16,19-21H,1,3-4,9-12H2. The predicted octanol–water partition coefficient (Wildman–Crippen LogP) is 6.99. The Hall–Kier alpha value is -2.47. The summed E-state index contributed by atoms with van der Waals surface area (Å²) in [6.45, 7) is 3.98. The number of nitriles is 1. The van der Waals surface area contributed by atoms with Gasteiger partial charge in [-0.2, -0.15) is 5.26 Å². The van der Waals surface area contributed by atoms with Crippen molar-refractivity contribution in [2.75, 3.05) is 0 Å². The second-order valence-corrected chi connectivity index (χ2v) is 8.39. The van der Waals surface area contributed by atoms with E-state index in [2.05, 4.69) is 24.8 Å². The molecular formula is C25H25F2N. The van der Waals surface area contributed by atoms with Gasteiger partial charge in [-0.3, -0.25) is 0 Å². The SMILES string of the molecule is C=CC1CCC2CC(c3ccc(-c4cc(F)c(C#N)c(F)c4)cc3)CCC2C1. The molecule has 0 aromatic heterocycles. The first-order valence-electron chi connectivity index (χ1n) is 10.2. The van der Waals surface area contributed by atoms with Gasteiger partial charge >= 0.3 is 0 Å². The number of hydrogen-bond acceptors (Lipinski definition) is 1. The van der Waals surface area contributed by atoms with E-state index < -0.39 is 17.2 Å². The number of halogens is 2. The lowest BCUT2D eigenvalue weighted by molar-refractivity contribution is 0.133. The zero-order chi connectivity index (χ0) is 19.7. The Morgan fingerprint density at radius 2 is 1.54 bits per heavy atom. The van der Waals surface area contributed by atoms with Crippen molar-refractivity contribution < 1.29 is 8.78 Å². The molecule has 0 radical (unpaired) electrons. The van der Waals surface area contributed by atoms with Gasteiger partial charge in [0, 0.05) is 0 Å². The van der Waals surface area contributed by atoms with E-state index in [1.807, 2.05) is 12.1 Å². The molecule has 0 N–H and O–H groups in total. The van der Waals surface area contributed by atoms with E-state index in [0.29, 0.717) is 17.4 Å². The van der Waals surface area contributed by atoms with Crippen molar-refractivity contribution in [3.63, 3.8) is 0 Å². The molecule has 2 aliphatic rings. The minimum Gasteiger partial charge on any atom is -0.205 e. The van der Waals surface area contributed by atoms with Crippen molar-refractivity contribution in [1.29, 1.82) is 5.26 Å². The Morgan fingerprint density at radius 3 is 2.18 bits per heavy atom. The first kappa shape index (κ1) is 18.9. The highest BCUT2D eigenvalue weighted by molar-refractivity contribution is 5.65. The third kappa shape index (κ3) is 3.61. The Kier molecular flexibility index (Phi) is 5.31. The van der Waals surface area contributed by atoms with E-state index in [9.17, 15) is 8.78 Å². The zero-order valence-electron chi connectivity index (χ0n) is 16.0. The Bertz CT molecular complexity index is 886. The lowest BCUT2D eigenvalue weighted by Crippen LogP contribution is -2.29. The molecule has 2 aromatic rings. The monoisotopic (exact) mass is 377 g/mol. The average Bonchev–Trinajstić information content (AvgIpc) is 2.73. The molecule has 2 fully saturated rings. The fraction of sp³-hybridized carbons (Fsp3) is 0.400. The van der Waals surface area contributed by atoms with Crippen molar-refractivity contribution in [2.24, 2.45) is 17.8 Å². The normalized spacial score (nSPS) is 26.9. The van der Waals surface area contributed by atoms with E-state index in [1.54, 1.807) is 6.07 Å². The number of nitrogens with zero attached hydrogens (tertiary/aromatic N) is 1. The molecule has 2 saturated carbocycles. The van der Waals surface area contributed by atoms with Crippen LogP contribution >= 0.6 is 0 Å². The fourth-order valence-corrected chi connectivity index (χ4v) is 5.24. The van der Waals surface area contributed by atoms with E-state index in [1.165, 1.54) is 56.2 Å². The van der Waals surface area contributed by atoms with Crippen molar-refractivity contribution >= 4 is 0 Å². The Morgan fingerprint density at radius 1 is 0.893 bits per heavy atom. The molecule has 1 nitrogen and oxygen atoms in total. The van der Waals surface area contributed by atoms with Crippen LogP contribution in [0.25, 0.3) is 11.1 Å². The van der Waals surface area contributed by atoms with Crippen LogP contribution in [0.1, 0.15) is 55.6 Å². The minimum atomic E-state index is -0.810. The third-order valence-corrected chi connectivity index (χ3v) is 6.86. The molecule has 4 rings (SSSR count). The molecule has 4 unspecified atom stereocenters.